The molecule has 0 bridgehead atoms. The largest absolute Gasteiger partial charge is 0.366 e. The van der Waals surface area contributed by atoms with Gasteiger partial charge in [-0.2, -0.15) is 0 Å². The number of hydrogen-bond acceptors (Lipinski definition) is 6. The zero-order valence-corrected chi connectivity index (χ0v) is 24.0. The van der Waals surface area contributed by atoms with Crippen molar-refractivity contribution in [3.8, 4) is 0 Å². The summed E-state index contributed by atoms with van der Waals surface area (Å²) in [5.41, 5.74) is 5.58. The van der Waals surface area contributed by atoms with Crippen molar-refractivity contribution in [3.05, 3.63) is 113 Å². The highest BCUT2D eigenvalue weighted by Gasteiger charge is 2.23. The van der Waals surface area contributed by atoms with Crippen LogP contribution < -0.4 is 9.80 Å². The fraction of sp³-hybridized carbons (Fsp3) is 0.281. The summed E-state index contributed by atoms with van der Waals surface area (Å²) in [6, 6.07) is 24.7. The van der Waals surface area contributed by atoms with Gasteiger partial charge in [-0.3, -0.25) is 4.79 Å². The number of benzene rings is 3. The Labute approximate surface area is 239 Å². The molecular formula is C32H34FN5OS. The molecular weight excluding hydrogens is 521 g/mol. The van der Waals surface area contributed by atoms with Crippen molar-refractivity contribution in [3.63, 3.8) is 0 Å². The number of hydrogen-bond donors (Lipinski definition) is 0. The number of nitrogens with zero attached hydrogens (tertiary/aromatic N) is 5. The molecule has 3 aromatic carbocycles. The lowest BCUT2D eigenvalue weighted by Gasteiger charge is -2.37. The minimum absolute atomic E-state index is 0.000269. The van der Waals surface area contributed by atoms with E-state index in [1.54, 1.807) is 22.7 Å². The number of carbonyl (C=O) groups excluding carboxylic acids is 1. The van der Waals surface area contributed by atoms with E-state index in [1.807, 2.05) is 80.7 Å². The summed E-state index contributed by atoms with van der Waals surface area (Å²) in [4.78, 5) is 28.6. The van der Waals surface area contributed by atoms with Crippen molar-refractivity contribution in [2.75, 3.05) is 43.0 Å². The smallest absolute Gasteiger partial charge is 0.253 e. The molecule has 0 unspecified atom stereocenters. The van der Waals surface area contributed by atoms with Crippen LogP contribution >= 0.6 is 11.8 Å². The lowest BCUT2D eigenvalue weighted by molar-refractivity contribution is 0.0785. The summed E-state index contributed by atoms with van der Waals surface area (Å²) in [6.45, 7) is 7.66. The van der Waals surface area contributed by atoms with E-state index < -0.39 is 0 Å². The zero-order chi connectivity index (χ0) is 28.1. The molecule has 2 heterocycles. The van der Waals surface area contributed by atoms with Crippen LogP contribution in [-0.2, 0) is 12.3 Å². The third-order valence-electron chi connectivity index (χ3n) is 7.29. The molecule has 0 aliphatic carbocycles. The molecule has 1 aliphatic rings. The van der Waals surface area contributed by atoms with Gasteiger partial charge in [-0.25, -0.2) is 14.4 Å². The molecule has 5 rings (SSSR count). The van der Waals surface area contributed by atoms with Gasteiger partial charge < -0.3 is 14.7 Å². The van der Waals surface area contributed by atoms with Crippen molar-refractivity contribution in [1.82, 2.24) is 14.9 Å². The Balaban J connectivity index is 1.20. The summed E-state index contributed by atoms with van der Waals surface area (Å²) in [6.07, 6.45) is 0. The number of aryl methyl sites for hydroxylation is 1. The molecule has 0 saturated carbocycles. The van der Waals surface area contributed by atoms with Gasteiger partial charge in [-0.05, 0) is 49.2 Å². The molecule has 1 aliphatic heterocycles. The van der Waals surface area contributed by atoms with E-state index >= 15 is 0 Å². The Bertz CT molecular complexity index is 1460. The van der Waals surface area contributed by atoms with Crippen molar-refractivity contribution in [2.24, 2.45) is 0 Å². The van der Waals surface area contributed by atoms with Gasteiger partial charge in [0.1, 0.15) is 11.6 Å². The van der Waals surface area contributed by atoms with E-state index in [2.05, 4.69) is 16.7 Å². The molecule has 1 saturated heterocycles. The first kappa shape index (κ1) is 27.6. The molecule has 8 heteroatoms. The van der Waals surface area contributed by atoms with E-state index in [9.17, 15) is 9.18 Å². The van der Waals surface area contributed by atoms with E-state index in [0.717, 1.165) is 59.5 Å². The Morgan fingerprint density at radius 2 is 1.50 bits per heavy atom. The third-order valence-corrected chi connectivity index (χ3v) is 8.21. The van der Waals surface area contributed by atoms with Crippen molar-refractivity contribution in [2.45, 2.75) is 31.3 Å². The topological polar surface area (TPSA) is 52.6 Å². The Morgan fingerprint density at radius 3 is 2.20 bits per heavy atom. The third kappa shape index (κ3) is 6.45. The monoisotopic (exact) mass is 555 g/mol. The van der Waals surface area contributed by atoms with Crippen LogP contribution in [0.2, 0.25) is 0 Å². The molecule has 4 aromatic rings. The van der Waals surface area contributed by atoms with E-state index in [4.69, 9.17) is 9.97 Å². The number of anilines is 2. The number of carbonyl (C=O) groups is 1. The van der Waals surface area contributed by atoms with Crippen molar-refractivity contribution >= 4 is 29.2 Å². The maximum atomic E-state index is 14.3. The lowest BCUT2D eigenvalue weighted by atomic mass is 10.1. The standard InChI is InChI=1S/C32H34FN5OS/c1-23-24(2)34-32(35-30(23)38-19-17-37(18-20-38)29-12-8-7-11-28(29)33)40-22-26-13-15-27(16-14-26)31(39)36(3)21-25-9-5-4-6-10-25/h4-16H,17-22H2,1-3H3. The van der Waals surface area contributed by atoms with Gasteiger partial charge >= 0.3 is 0 Å². The molecule has 1 aromatic heterocycles. The Hall–Kier alpha value is -3.91. The van der Waals surface area contributed by atoms with Gasteiger partial charge in [-0.15, -0.1) is 0 Å². The molecule has 6 nitrogen and oxygen atoms in total. The predicted molar refractivity (Wildman–Crippen MR) is 161 cm³/mol. The highest BCUT2D eigenvalue weighted by atomic mass is 32.2. The van der Waals surface area contributed by atoms with E-state index in [0.29, 0.717) is 23.5 Å². The SMILES string of the molecule is Cc1nc(SCc2ccc(C(=O)N(C)Cc3ccccc3)cc2)nc(N2CCN(c3ccccc3F)CC2)c1C. The average Bonchev–Trinajstić information content (AvgIpc) is 2.98. The second-order valence-electron chi connectivity index (χ2n) is 10.1. The van der Waals surface area contributed by atoms with Crippen LogP contribution in [0.25, 0.3) is 0 Å². The minimum Gasteiger partial charge on any atom is -0.366 e. The first-order valence-corrected chi connectivity index (χ1v) is 14.5. The number of piperazine rings is 1. The number of thioether (sulfide) groups is 1. The highest BCUT2D eigenvalue weighted by molar-refractivity contribution is 7.98. The second-order valence-corrected chi connectivity index (χ2v) is 11.0. The van der Waals surface area contributed by atoms with Gasteiger partial charge in [0.05, 0.1) is 5.69 Å². The first-order chi connectivity index (χ1) is 19.4. The van der Waals surface area contributed by atoms with Crippen LogP contribution in [0, 0.1) is 19.7 Å². The number of aromatic nitrogens is 2. The summed E-state index contributed by atoms with van der Waals surface area (Å²) in [7, 11) is 1.83. The Kier molecular flexibility index (Phi) is 8.65. The molecule has 40 heavy (non-hydrogen) atoms. The normalized spacial score (nSPS) is 13.4. The Morgan fingerprint density at radius 1 is 0.850 bits per heavy atom. The first-order valence-electron chi connectivity index (χ1n) is 13.5. The van der Waals surface area contributed by atoms with Crippen LogP contribution in [-0.4, -0.2) is 54.0 Å². The number of rotatable bonds is 8. The van der Waals surface area contributed by atoms with Gasteiger partial charge in [0, 0.05) is 62.3 Å². The van der Waals surface area contributed by atoms with Gasteiger partial charge in [0.15, 0.2) is 5.16 Å². The average molecular weight is 556 g/mol. The highest BCUT2D eigenvalue weighted by Crippen LogP contribution is 2.28. The molecule has 1 fully saturated rings. The van der Waals surface area contributed by atoms with Gasteiger partial charge in [0.25, 0.3) is 5.91 Å². The van der Waals surface area contributed by atoms with Crippen LogP contribution in [0.15, 0.2) is 84.0 Å². The van der Waals surface area contributed by atoms with Crippen LogP contribution in [0.1, 0.15) is 32.7 Å². The maximum Gasteiger partial charge on any atom is 0.253 e. The quantitative estimate of drug-likeness (QED) is 0.193. The zero-order valence-electron chi connectivity index (χ0n) is 23.2. The van der Waals surface area contributed by atoms with Gasteiger partial charge in [-0.1, -0.05) is 66.4 Å². The summed E-state index contributed by atoms with van der Waals surface area (Å²) in [5, 5.41) is 0.734. The van der Waals surface area contributed by atoms with Crippen molar-refractivity contribution in [1.29, 1.82) is 0 Å². The van der Waals surface area contributed by atoms with Crippen molar-refractivity contribution < 1.29 is 9.18 Å². The molecule has 0 atom stereocenters. The van der Waals surface area contributed by atoms with E-state index in [1.165, 1.54) is 6.07 Å². The fourth-order valence-electron chi connectivity index (χ4n) is 4.87. The fourth-order valence-corrected chi connectivity index (χ4v) is 5.71. The predicted octanol–water partition coefficient (Wildman–Crippen LogP) is 6.12. The number of amides is 1. The molecule has 0 N–H and O–H groups in total. The number of para-hydroxylation sites is 1. The summed E-state index contributed by atoms with van der Waals surface area (Å²) >= 11 is 1.59. The van der Waals surface area contributed by atoms with Crippen LogP contribution in [0.3, 0.4) is 0 Å². The van der Waals surface area contributed by atoms with Crippen LogP contribution in [0.5, 0.6) is 0 Å². The molecule has 1 amide bonds. The summed E-state index contributed by atoms with van der Waals surface area (Å²) < 4.78 is 14.3. The maximum absolute atomic E-state index is 14.3. The second kappa shape index (κ2) is 12.5. The summed E-state index contributed by atoms with van der Waals surface area (Å²) in [5.74, 6) is 1.48. The molecule has 0 radical (unpaired) electrons. The number of halogens is 1. The minimum atomic E-state index is -0.180. The van der Waals surface area contributed by atoms with Crippen LogP contribution in [0.4, 0.5) is 15.9 Å². The lowest BCUT2D eigenvalue weighted by Crippen LogP contribution is -2.47. The van der Waals surface area contributed by atoms with E-state index in [-0.39, 0.29) is 11.7 Å². The molecule has 206 valence electrons. The molecule has 0 spiro atoms. The van der Waals surface area contributed by atoms with Gasteiger partial charge in [0.2, 0.25) is 0 Å².